The smallest absolute Gasteiger partial charge is 0.319 e. The van der Waals surface area contributed by atoms with Gasteiger partial charge in [-0.1, -0.05) is 17.7 Å². The third-order valence-electron chi connectivity index (χ3n) is 10.7. The fourth-order valence-electron chi connectivity index (χ4n) is 8.56. The Morgan fingerprint density at radius 3 is 2.74 bits per heavy atom. The van der Waals surface area contributed by atoms with E-state index in [4.69, 9.17) is 26.1 Å². The van der Waals surface area contributed by atoms with Crippen molar-refractivity contribution in [1.82, 2.24) is 20.2 Å². The number of phenols is 1. The molecule has 0 radical (unpaired) electrons. The number of alkyl halides is 1. The second-order valence-electron chi connectivity index (χ2n) is 13.2. The normalized spacial score (nSPS) is 26.6. The summed E-state index contributed by atoms with van der Waals surface area (Å²) in [5, 5.41) is 13.9. The number of rotatable bonds is 4. The van der Waals surface area contributed by atoms with E-state index in [2.05, 4.69) is 15.2 Å². The van der Waals surface area contributed by atoms with Crippen molar-refractivity contribution in [2.45, 2.75) is 55.5 Å². The first-order chi connectivity index (χ1) is 22.2. The van der Waals surface area contributed by atoms with Crippen LogP contribution >= 0.6 is 11.6 Å². The lowest BCUT2D eigenvalue weighted by atomic mass is 9.85. The van der Waals surface area contributed by atoms with Crippen LogP contribution in [0.15, 0.2) is 24.3 Å². The SMILES string of the molecule is Oc1cc(-c2c(Cl)c3c4c(nc(OC5(C67CCCN6CC(F)C7)CC5)nc4c2F)N2CCNCC2CO3)c2c(F)c(F)ccc2c1. The summed E-state index contributed by atoms with van der Waals surface area (Å²) < 4.78 is 74.7. The highest BCUT2D eigenvalue weighted by Crippen LogP contribution is 2.59. The van der Waals surface area contributed by atoms with Crippen LogP contribution in [-0.4, -0.2) is 82.7 Å². The largest absolute Gasteiger partial charge is 0.508 e. The van der Waals surface area contributed by atoms with Crippen molar-refractivity contribution in [3.8, 4) is 28.6 Å². The van der Waals surface area contributed by atoms with Crippen LogP contribution in [0.3, 0.4) is 0 Å². The monoisotopic (exact) mass is 655 g/mol. The van der Waals surface area contributed by atoms with Crippen molar-refractivity contribution < 1.29 is 32.1 Å². The molecular formula is C33H30ClF4N5O3. The highest BCUT2D eigenvalue weighted by Gasteiger charge is 2.68. The zero-order valence-electron chi connectivity index (χ0n) is 24.7. The topological polar surface area (TPSA) is 83.0 Å². The van der Waals surface area contributed by atoms with E-state index in [0.29, 0.717) is 51.3 Å². The van der Waals surface area contributed by atoms with Gasteiger partial charge in [-0.25, -0.2) is 17.6 Å². The van der Waals surface area contributed by atoms with Gasteiger partial charge in [0.2, 0.25) is 0 Å². The molecule has 2 N–H and O–H groups in total. The van der Waals surface area contributed by atoms with Crippen molar-refractivity contribution in [2.75, 3.05) is 44.2 Å². The average molecular weight is 656 g/mol. The van der Waals surface area contributed by atoms with Crippen LogP contribution in [0.1, 0.15) is 32.1 Å². The molecule has 46 heavy (non-hydrogen) atoms. The van der Waals surface area contributed by atoms with E-state index in [1.807, 2.05) is 4.90 Å². The second kappa shape index (κ2) is 9.95. The standard InChI is InChI=1S/C33H30ClF4N5O3/c34-25-23(20-11-19(44)10-16-2-3-21(36)26(37)22(16)20)27(38)28-24-29(25)45-15-18-13-39-7-9-43(18)30(24)41-31(40-28)46-33(5-6-33)32-4-1-8-42(32)14-17(35)12-32/h2-3,10-11,17-18,39,44H,1,4-9,12-15H2. The van der Waals surface area contributed by atoms with Gasteiger partial charge < -0.3 is 24.8 Å². The zero-order chi connectivity index (χ0) is 31.5. The molecule has 13 heteroatoms. The van der Waals surface area contributed by atoms with Crippen molar-refractivity contribution in [3.05, 3.63) is 46.7 Å². The number of piperazine rings is 1. The summed E-state index contributed by atoms with van der Waals surface area (Å²) >= 11 is 6.94. The molecule has 8 nitrogen and oxygen atoms in total. The fraction of sp³-hybridized carbons (Fsp3) is 0.455. The van der Waals surface area contributed by atoms with Gasteiger partial charge in [0, 0.05) is 49.1 Å². The van der Waals surface area contributed by atoms with E-state index < -0.39 is 34.8 Å². The Hall–Kier alpha value is -3.61. The number of aromatic nitrogens is 2. The number of benzene rings is 3. The van der Waals surface area contributed by atoms with Crippen molar-refractivity contribution in [1.29, 1.82) is 0 Å². The third kappa shape index (κ3) is 3.92. The lowest BCUT2D eigenvalue weighted by Crippen LogP contribution is -2.54. The van der Waals surface area contributed by atoms with E-state index in [0.717, 1.165) is 31.5 Å². The summed E-state index contributed by atoms with van der Waals surface area (Å²) in [5.41, 5.74) is -1.78. The first-order valence-corrected chi connectivity index (χ1v) is 16.1. The molecular weight excluding hydrogens is 626 g/mol. The summed E-state index contributed by atoms with van der Waals surface area (Å²) in [6.07, 6.45) is 2.56. The number of halogens is 5. The second-order valence-corrected chi connectivity index (χ2v) is 13.6. The van der Waals surface area contributed by atoms with Crippen LogP contribution < -0.4 is 19.7 Å². The van der Waals surface area contributed by atoms with Crippen LogP contribution in [0.5, 0.6) is 17.5 Å². The molecule has 4 aromatic rings. The molecule has 3 aromatic carbocycles. The predicted molar refractivity (Wildman–Crippen MR) is 164 cm³/mol. The number of hydrogen-bond donors (Lipinski definition) is 2. The van der Waals surface area contributed by atoms with Gasteiger partial charge in [0.05, 0.1) is 22.0 Å². The number of hydrogen-bond acceptors (Lipinski definition) is 8. The minimum Gasteiger partial charge on any atom is -0.508 e. The molecule has 0 amide bonds. The molecule has 4 aliphatic heterocycles. The molecule has 3 unspecified atom stereocenters. The predicted octanol–water partition coefficient (Wildman–Crippen LogP) is 5.88. The van der Waals surface area contributed by atoms with E-state index in [-0.39, 0.29) is 68.0 Å². The lowest BCUT2D eigenvalue weighted by Gasteiger charge is -2.40. The van der Waals surface area contributed by atoms with Crippen LogP contribution in [-0.2, 0) is 0 Å². The molecule has 3 saturated heterocycles. The number of aromatic hydroxyl groups is 1. The maximum Gasteiger partial charge on any atom is 0.319 e. The maximum absolute atomic E-state index is 17.1. The Bertz CT molecular complexity index is 1960. The summed E-state index contributed by atoms with van der Waals surface area (Å²) in [5.74, 6) is -3.03. The number of nitrogens with one attached hydrogen (secondary N) is 1. The molecule has 1 saturated carbocycles. The van der Waals surface area contributed by atoms with Crippen LogP contribution in [0.4, 0.5) is 23.4 Å². The Morgan fingerprint density at radius 2 is 1.91 bits per heavy atom. The Morgan fingerprint density at radius 1 is 1.07 bits per heavy atom. The van der Waals surface area contributed by atoms with Gasteiger partial charge in [0.1, 0.15) is 35.5 Å². The first-order valence-electron chi connectivity index (χ1n) is 15.7. The minimum atomic E-state index is -1.20. The summed E-state index contributed by atoms with van der Waals surface area (Å²) in [4.78, 5) is 13.7. The molecule has 240 valence electrons. The molecule has 0 spiro atoms. The zero-order valence-corrected chi connectivity index (χ0v) is 25.4. The van der Waals surface area contributed by atoms with Gasteiger partial charge in [-0.3, -0.25) is 4.90 Å². The average Bonchev–Trinajstić information content (AvgIpc) is 3.64. The van der Waals surface area contributed by atoms with Gasteiger partial charge >= 0.3 is 6.01 Å². The highest BCUT2D eigenvalue weighted by molar-refractivity contribution is 6.37. The first kappa shape index (κ1) is 28.6. The number of ether oxygens (including phenoxy) is 2. The third-order valence-corrected chi connectivity index (χ3v) is 11.0. The molecule has 3 atom stereocenters. The Labute approximate surface area is 266 Å². The number of phenolic OH excluding ortho intramolecular Hbond substituents is 1. The van der Waals surface area contributed by atoms with E-state index in [1.165, 1.54) is 12.1 Å². The van der Waals surface area contributed by atoms with Crippen LogP contribution in [0, 0.1) is 17.5 Å². The van der Waals surface area contributed by atoms with Crippen molar-refractivity contribution in [3.63, 3.8) is 0 Å². The van der Waals surface area contributed by atoms with Gasteiger partial charge in [0.25, 0.3) is 0 Å². The summed E-state index contributed by atoms with van der Waals surface area (Å²) in [6, 6.07) is 4.44. The number of anilines is 1. The van der Waals surface area contributed by atoms with E-state index in [9.17, 15) is 13.9 Å². The molecule has 1 aromatic heterocycles. The molecule has 4 fully saturated rings. The highest BCUT2D eigenvalue weighted by atomic mass is 35.5. The number of nitrogens with zero attached hydrogens (tertiary/aromatic N) is 4. The van der Waals surface area contributed by atoms with E-state index >= 15 is 8.78 Å². The van der Waals surface area contributed by atoms with Gasteiger partial charge in [-0.05, 0) is 55.8 Å². The quantitative estimate of drug-likeness (QED) is 0.264. The molecule has 5 heterocycles. The minimum absolute atomic E-state index is 0.0427. The summed E-state index contributed by atoms with van der Waals surface area (Å²) in [7, 11) is 0. The molecule has 5 aliphatic rings. The van der Waals surface area contributed by atoms with Crippen molar-refractivity contribution in [2.24, 2.45) is 0 Å². The van der Waals surface area contributed by atoms with Crippen LogP contribution in [0.2, 0.25) is 5.02 Å². The number of fused-ring (bicyclic) bond motifs is 4. The van der Waals surface area contributed by atoms with Gasteiger partial charge in [-0.2, -0.15) is 9.97 Å². The maximum atomic E-state index is 17.1. The Kier molecular flexibility index (Phi) is 6.18. The summed E-state index contributed by atoms with van der Waals surface area (Å²) in [6.45, 7) is 3.12. The van der Waals surface area contributed by atoms with Crippen LogP contribution in [0.25, 0.3) is 32.8 Å². The van der Waals surface area contributed by atoms with Gasteiger partial charge in [-0.15, -0.1) is 0 Å². The fourth-order valence-corrected chi connectivity index (χ4v) is 8.89. The molecule has 1 aliphatic carbocycles. The van der Waals surface area contributed by atoms with Crippen molar-refractivity contribution >= 4 is 39.1 Å². The van der Waals surface area contributed by atoms with Gasteiger partial charge in [0.15, 0.2) is 23.2 Å². The molecule has 9 rings (SSSR count). The lowest BCUT2D eigenvalue weighted by molar-refractivity contribution is 0.00763. The van der Waals surface area contributed by atoms with E-state index in [1.54, 1.807) is 0 Å². The Balaban J connectivity index is 1.29. The molecule has 0 bridgehead atoms.